The van der Waals surface area contributed by atoms with Gasteiger partial charge in [0.25, 0.3) is 0 Å². The number of hydrogen-bond donors (Lipinski definition) is 1. The van der Waals surface area contributed by atoms with Gasteiger partial charge >= 0.3 is 0 Å². The van der Waals surface area contributed by atoms with Crippen LogP contribution in [0.25, 0.3) is 0 Å². The van der Waals surface area contributed by atoms with Crippen LogP contribution in [0.4, 0.5) is 0 Å². The van der Waals surface area contributed by atoms with E-state index in [-0.39, 0.29) is 6.29 Å². The van der Waals surface area contributed by atoms with Crippen molar-refractivity contribution < 1.29 is 9.47 Å². The molecule has 0 bridgehead atoms. The predicted molar refractivity (Wildman–Crippen MR) is 75.6 cm³/mol. The summed E-state index contributed by atoms with van der Waals surface area (Å²) >= 11 is 0. The Labute approximate surface area is 113 Å². The van der Waals surface area contributed by atoms with Crippen LogP contribution in [0, 0.1) is 11.3 Å². The van der Waals surface area contributed by atoms with Gasteiger partial charge in [0.15, 0.2) is 6.29 Å². The molecule has 1 fully saturated rings. The Bertz CT molecular complexity index is 221. The Morgan fingerprint density at radius 2 is 1.72 bits per heavy atom. The molecule has 0 aromatic carbocycles. The van der Waals surface area contributed by atoms with Crippen LogP contribution in [0.1, 0.15) is 52.9 Å². The van der Waals surface area contributed by atoms with Gasteiger partial charge in [-0.1, -0.05) is 27.2 Å². The normalized spacial score (nSPS) is 26.3. The summed E-state index contributed by atoms with van der Waals surface area (Å²) in [5.41, 5.74) is 0.455. The molecule has 0 spiro atoms. The summed E-state index contributed by atoms with van der Waals surface area (Å²) in [5.74, 6) is 0.866. The monoisotopic (exact) mass is 257 g/mol. The lowest BCUT2D eigenvalue weighted by atomic mass is 9.76. The fraction of sp³-hybridized carbons (Fsp3) is 1.00. The summed E-state index contributed by atoms with van der Waals surface area (Å²) < 4.78 is 10.4. The number of ether oxygens (including phenoxy) is 2. The summed E-state index contributed by atoms with van der Waals surface area (Å²) in [5, 5.41) is 3.59. The van der Waals surface area contributed by atoms with Gasteiger partial charge in [-0.3, -0.25) is 0 Å². The van der Waals surface area contributed by atoms with Gasteiger partial charge in [0, 0.05) is 26.8 Å². The van der Waals surface area contributed by atoms with E-state index >= 15 is 0 Å². The fourth-order valence-electron chi connectivity index (χ4n) is 2.90. The summed E-state index contributed by atoms with van der Waals surface area (Å²) in [4.78, 5) is 0. The maximum Gasteiger partial charge on any atom is 0.169 e. The van der Waals surface area contributed by atoms with Gasteiger partial charge < -0.3 is 14.8 Å². The highest BCUT2D eigenvalue weighted by Gasteiger charge is 2.27. The molecule has 18 heavy (non-hydrogen) atoms. The van der Waals surface area contributed by atoms with Crippen molar-refractivity contribution >= 4 is 0 Å². The van der Waals surface area contributed by atoms with E-state index in [2.05, 4.69) is 26.1 Å². The van der Waals surface area contributed by atoms with Gasteiger partial charge in [-0.05, 0) is 37.0 Å². The molecule has 108 valence electrons. The van der Waals surface area contributed by atoms with E-state index in [1.807, 2.05) is 0 Å². The van der Waals surface area contributed by atoms with Crippen LogP contribution in [-0.4, -0.2) is 33.1 Å². The first-order chi connectivity index (χ1) is 8.47. The van der Waals surface area contributed by atoms with Crippen molar-refractivity contribution in [1.82, 2.24) is 5.32 Å². The third-order valence-corrected chi connectivity index (χ3v) is 4.29. The molecule has 0 aliphatic heterocycles. The summed E-state index contributed by atoms with van der Waals surface area (Å²) in [6.45, 7) is 7.91. The average Bonchev–Trinajstić information content (AvgIpc) is 2.55. The van der Waals surface area contributed by atoms with Gasteiger partial charge in [0.05, 0.1) is 0 Å². The molecule has 1 aliphatic rings. The van der Waals surface area contributed by atoms with E-state index < -0.39 is 0 Å². The largest absolute Gasteiger partial charge is 0.355 e. The highest BCUT2D eigenvalue weighted by atomic mass is 16.7. The van der Waals surface area contributed by atoms with Crippen LogP contribution < -0.4 is 5.32 Å². The molecule has 3 heteroatoms. The molecule has 2 unspecified atom stereocenters. The minimum absolute atomic E-state index is 0.119. The van der Waals surface area contributed by atoms with Crippen LogP contribution in [0.15, 0.2) is 0 Å². The second-order valence-corrected chi connectivity index (χ2v) is 6.58. The quantitative estimate of drug-likeness (QED) is 0.606. The van der Waals surface area contributed by atoms with Crippen LogP contribution in [0.5, 0.6) is 0 Å². The van der Waals surface area contributed by atoms with Crippen LogP contribution in [0.2, 0.25) is 0 Å². The molecule has 1 aliphatic carbocycles. The van der Waals surface area contributed by atoms with Crippen molar-refractivity contribution in [3.63, 3.8) is 0 Å². The zero-order valence-electron chi connectivity index (χ0n) is 12.8. The standard InChI is InChI=1S/C15H31NO2/c1-15(2,3)12-7-6-8-13(10-9-12)16-11-14(17-4)18-5/h12-14,16H,6-11H2,1-5H3. The van der Waals surface area contributed by atoms with Crippen molar-refractivity contribution in [3.05, 3.63) is 0 Å². The Morgan fingerprint density at radius 3 is 2.28 bits per heavy atom. The summed E-state index contributed by atoms with van der Waals surface area (Å²) in [6, 6.07) is 0.630. The van der Waals surface area contributed by atoms with Gasteiger partial charge in [0.2, 0.25) is 0 Å². The van der Waals surface area contributed by atoms with Gasteiger partial charge in [-0.15, -0.1) is 0 Å². The fourth-order valence-corrected chi connectivity index (χ4v) is 2.90. The number of methoxy groups -OCH3 is 2. The smallest absolute Gasteiger partial charge is 0.169 e. The molecule has 0 heterocycles. The van der Waals surface area contributed by atoms with Crippen molar-refractivity contribution in [2.75, 3.05) is 20.8 Å². The molecule has 1 rings (SSSR count). The highest BCUT2D eigenvalue weighted by molar-refractivity contribution is 4.81. The lowest BCUT2D eigenvalue weighted by Gasteiger charge is -2.29. The zero-order valence-corrected chi connectivity index (χ0v) is 12.8. The van der Waals surface area contributed by atoms with Crippen molar-refractivity contribution in [2.45, 2.75) is 65.2 Å². The summed E-state index contributed by atoms with van der Waals surface area (Å²) in [7, 11) is 3.39. The SMILES string of the molecule is COC(CNC1CCCC(C(C)(C)C)CC1)OC. The number of rotatable bonds is 5. The first-order valence-corrected chi connectivity index (χ1v) is 7.26. The Morgan fingerprint density at radius 1 is 1.06 bits per heavy atom. The van der Waals surface area contributed by atoms with E-state index in [1.165, 1.54) is 32.1 Å². The third kappa shape index (κ3) is 5.25. The summed E-state index contributed by atoms with van der Waals surface area (Å²) in [6.07, 6.45) is 6.50. The molecule has 0 aromatic rings. The Hall–Kier alpha value is -0.120. The molecular weight excluding hydrogens is 226 g/mol. The topological polar surface area (TPSA) is 30.5 Å². The van der Waals surface area contributed by atoms with Gasteiger partial charge in [-0.25, -0.2) is 0 Å². The van der Waals surface area contributed by atoms with Crippen molar-refractivity contribution in [3.8, 4) is 0 Å². The van der Waals surface area contributed by atoms with Crippen LogP contribution >= 0.6 is 0 Å². The first-order valence-electron chi connectivity index (χ1n) is 7.26. The minimum atomic E-state index is -0.119. The first kappa shape index (κ1) is 15.9. The Balaban J connectivity index is 2.33. The lowest BCUT2D eigenvalue weighted by molar-refractivity contribution is -0.1000. The average molecular weight is 257 g/mol. The molecule has 3 nitrogen and oxygen atoms in total. The van der Waals surface area contributed by atoms with Crippen molar-refractivity contribution in [1.29, 1.82) is 0 Å². The predicted octanol–water partition coefficient (Wildman–Crippen LogP) is 3.19. The van der Waals surface area contributed by atoms with Crippen LogP contribution in [-0.2, 0) is 9.47 Å². The zero-order chi connectivity index (χ0) is 13.6. The molecule has 0 radical (unpaired) electrons. The lowest BCUT2D eigenvalue weighted by Crippen LogP contribution is -2.37. The van der Waals surface area contributed by atoms with E-state index in [1.54, 1.807) is 14.2 Å². The van der Waals surface area contributed by atoms with Gasteiger partial charge in [-0.2, -0.15) is 0 Å². The minimum Gasteiger partial charge on any atom is -0.355 e. The van der Waals surface area contributed by atoms with E-state index in [0.29, 0.717) is 11.5 Å². The second kappa shape index (κ2) is 7.46. The number of nitrogens with one attached hydrogen (secondary N) is 1. The third-order valence-electron chi connectivity index (χ3n) is 4.29. The number of hydrogen-bond acceptors (Lipinski definition) is 3. The highest BCUT2D eigenvalue weighted by Crippen LogP contribution is 2.36. The van der Waals surface area contributed by atoms with E-state index in [9.17, 15) is 0 Å². The van der Waals surface area contributed by atoms with Crippen molar-refractivity contribution in [2.24, 2.45) is 11.3 Å². The Kier molecular flexibility index (Phi) is 6.61. The molecule has 0 aromatic heterocycles. The molecule has 2 atom stereocenters. The van der Waals surface area contributed by atoms with Gasteiger partial charge in [0.1, 0.15) is 0 Å². The maximum absolute atomic E-state index is 5.21. The molecule has 0 saturated heterocycles. The second-order valence-electron chi connectivity index (χ2n) is 6.58. The molecule has 1 N–H and O–H groups in total. The molecule has 1 saturated carbocycles. The molecule has 0 amide bonds. The van der Waals surface area contributed by atoms with E-state index in [4.69, 9.17) is 9.47 Å². The maximum atomic E-state index is 5.21. The van der Waals surface area contributed by atoms with E-state index in [0.717, 1.165) is 12.5 Å². The molecular formula is C15H31NO2. The van der Waals surface area contributed by atoms with Crippen LogP contribution in [0.3, 0.4) is 0 Å².